The molecule has 29 heavy (non-hydrogen) atoms. The van der Waals surface area contributed by atoms with E-state index < -0.39 is 24.3 Å². The van der Waals surface area contributed by atoms with Crippen molar-refractivity contribution >= 4 is 17.7 Å². The SMILES string of the molecule is Cc1cc(SCc2cc(-c3ccc(C(F)(F)F)cc3)on2)ccc1OCC(=O)O. The lowest BCUT2D eigenvalue weighted by atomic mass is 10.1. The van der Waals surface area contributed by atoms with Gasteiger partial charge in [-0.15, -0.1) is 11.8 Å². The fourth-order valence-corrected chi connectivity index (χ4v) is 3.38. The van der Waals surface area contributed by atoms with Gasteiger partial charge in [-0.25, -0.2) is 4.79 Å². The van der Waals surface area contributed by atoms with Crippen LogP contribution in [0, 0.1) is 6.92 Å². The molecule has 0 atom stereocenters. The molecule has 2 aromatic carbocycles. The molecule has 0 aliphatic heterocycles. The van der Waals surface area contributed by atoms with Gasteiger partial charge >= 0.3 is 12.1 Å². The standard InChI is InChI=1S/C20H16F3NO4S/c1-12-8-16(6-7-17(12)27-10-19(25)26)29-11-15-9-18(28-24-15)13-2-4-14(5-3-13)20(21,22)23/h2-9H,10-11H2,1H3,(H,25,26). The van der Waals surface area contributed by atoms with E-state index in [0.29, 0.717) is 28.5 Å². The Morgan fingerprint density at radius 3 is 2.52 bits per heavy atom. The molecule has 0 spiro atoms. The Hall–Kier alpha value is -2.94. The molecule has 152 valence electrons. The summed E-state index contributed by atoms with van der Waals surface area (Å²) in [5, 5.41) is 12.6. The van der Waals surface area contributed by atoms with Gasteiger partial charge in [0.2, 0.25) is 0 Å². The average Bonchev–Trinajstić information content (AvgIpc) is 3.14. The van der Waals surface area contributed by atoms with Crippen molar-refractivity contribution in [3.05, 3.63) is 65.4 Å². The first-order valence-electron chi connectivity index (χ1n) is 8.43. The van der Waals surface area contributed by atoms with E-state index in [4.69, 9.17) is 14.4 Å². The van der Waals surface area contributed by atoms with Crippen LogP contribution < -0.4 is 4.74 Å². The lowest BCUT2D eigenvalue weighted by molar-refractivity contribution is -0.139. The first kappa shape index (κ1) is 20.8. The fraction of sp³-hybridized carbons (Fsp3) is 0.200. The summed E-state index contributed by atoms with van der Waals surface area (Å²) in [6, 6.07) is 11.8. The van der Waals surface area contributed by atoms with Gasteiger partial charge in [-0.1, -0.05) is 17.3 Å². The van der Waals surface area contributed by atoms with E-state index in [0.717, 1.165) is 22.6 Å². The van der Waals surface area contributed by atoms with Crippen LogP contribution in [0.3, 0.4) is 0 Å². The molecule has 1 heterocycles. The van der Waals surface area contributed by atoms with Crippen molar-refractivity contribution in [2.75, 3.05) is 6.61 Å². The number of halogens is 3. The Bertz CT molecular complexity index is 1000. The largest absolute Gasteiger partial charge is 0.482 e. The number of hydrogen-bond acceptors (Lipinski definition) is 5. The van der Waals surface area contributed by atoms with Crippen LogP contribution in [0.15, 0.2) is 57.9 Å². The summed E-state index contributed by atoms with van der Waals surface area (Å²) >= 11 is 1.49. The Morgan fingerprint density at radius 2 is 1.90 bits per heavy atom. The van der Waals surface area contributed by atoms with Crippen molar-refractivity contribution in [1.29, 1.82) is 0 Å². The minimum atomic E-state index is -4.38. The Morgan fingerprint density at radius 1 is 1.17 bits per heavy atom. The Balaban J connectivity index is 1.62. The van der Waals surface area contributed by atoms with Crippen molar-refractivity contribution in [3.63, 3.8) is 0 Å². The first-order valence-corrected chi connectivity index (χ1v) is 9.42. The zero-order chi connectivity index (χ0) is 21.0. The average molecular weight is 423 g/mol. The van der Waals surface area contributed by atoms with Gasteiger partial charge in [0.1, 0.15) is 5.75 Å². The lowest BCUT2D eigenvalue weighted by Crippen LogP contribution is -2.09. The number of aliphatic carboxylic acids is 1. The van der Waals surface area contributed by atoms with Crippen molar-refractivity contribution in [2.24, 2.45) is 0 Å². The molecular formula is C20H16F3NO4S. The van der Waals surface area contributed by atoms with E-state index in [1.807, 2.05) is 19.1 Å². The third kappa shape index (κ3) is 5.54. The number of aromatic nitrogens is 1. The topological polar surface area (TPSA) is 72.6 Å². The molecule has 0 aliphatic rings. The van der Waals surface area contributed by atoms with Gasteiger partial charge in [-0.2, -0.15) is 13.2 Å². The van der Waals surface area contributed by atoms with Crippen molar-refractivity contribution < 1.29 is 32.3 Å². The van der Waals surface area contributed by atoms with Crippen molar-refractivity contribution in [3.8, 4) is 17.1 Å². The van der Waals surface area contributed by atoms with E-state index in [1.54, 1.807) is 12.1 Å². The van der Waals surface area contributed by atoms with E-state index in [-0.39, 0.29) is 0 Å². The molecule has 9 heteroatoms. The highest BCUT2D eigenvalue weighted by Gasteiger charge is 2.30. The van der Waals surface area contributed by atoms with Crippen LogP contribution in [0.4, 0.5) is 13.2 Å². The molecule has 0 amide bonds. The molecule has 0 aliphatic carbocycles. The summed E-state index contributed by atoms with van der Waals surface area (Å²) in [5.41, 5.74) is 1.25. The molecule has 0 saturated heterocycles. The highest BCUT2D eigenvalue weighted by Crippen LogP contribution is 2.32. The fourth-order valence-electron chi connectivity index (χ4n) is 2.51. The van der Waals surface area contributed by atoms with Gasteiger partial charge in [-0.3, -0.25) is 0 Å². The van der Waals surface area contributed by atoms with Crippen LogP contribution in [-0.2, 0) is 16.7 Å². The number of hydrogen-bond donors (Lipinski definition) is 1. The van der Waals surface area contributed by atoms with Crippen LogP contribution >= 0.6 is 11.8 Å². The van der Waals surface area contributed by atoms with Crippen LogP contribution in [0.2, 0.25) is 0 Å². The van der Waals surface area contributed by atoms with Gasteiger partial charge < -0.3 is 14.4 Å². The van der Waals surface area contributed by atoms with Crippen LogP contribution in [0.5, 0.6) is 5.75 Å². The predicted molar refractivity (Wildman–Crippen MR) is 101 cm³/mol. The maximum Gasteiger partial charge on any atom is 0.416 e. The Kier molecular flexibility index (Phi) is 6.17. The number of rotatable bonds is 7. The monoisotopic (exact) mass is 423 g/mol. The molecule has 0 bridgehead atoms. The summed E-state index contributed by atoms with van der Waals surface area (Å²) < 4.78 is 48.4. The number of carbonyl (C=O) groups is 1. The predicted octanol–water partition coefficient (Wildman–Crippen LogP) is 5.42. The second-order valence-corrected chi connectivity index (χ2v) is 7.20. The molecule has 0 unspecified atom stereocenters. The van der Waals surface area contributed by atoms with Gasteiger partial charge in [-0.05, 0) is 42.8 Å². The minimum absolute atomic E-state index is 0.392. The summed E-state index contributed by atoms with van der Waals surface area (Å²) in [6.45, 7) is 1.42. The van der Waals surface area contributed by atoms with Crippen LogP contribution in [0.1, 0.15) is 16.8 Å². The molecule has 3 rings (SSSR count). The van der Waals surface area contributed by atoms with Crippen LogP contribution in [0.25, 0.3) is 11.3 Å². The van der Waals surface area contributed by atoms with Gasteiger partial charge in [0, 0.05) is 22.3 Å². The first-order chi connectivity index (χ1) is 13.7. The van der Waals surface area contributed by atoms with Gasteiger partial charge in [0.25, 0.3) is 0 Å². The second-order valence-electron chi connectivity index (χ2n) is 6.16. The van der Waals surface area contributed by atoms with Gasteiger partial charge in [0.15, 0.2) is 12.4 Å². The van der Waals surface area contributed by atoms with E-state index in [2.05, 4.69) is 5.16 Å². The number of carboxylic acids is 1. The Labute approximate surface area is 168 Å². The highest BCUT2D eigenvalue weighted by atomic mass is 32.2. The number of carboxylic acid groups (broad SMARTS) is 1. The highest BCUT2D eigenvalue weighted by molar-refractivity contribution is 7.98. The maximum absolute atomic E-state index is 12.6. The molecule has 0 fully saturated rings. The molecule has 3 aromatic rings. The van der Waals surface area contributed by atoms with E-state index in [9.17, 15) is 18.0 Å². The zero-order valence-electron chi connectivity index (χ0n) is 15.2. The molecule has 0 saturated carbocycles. The van der Waals surface area contributed by atoms with E-state index in [1.165, 1.54) is 23.9 Å². The summed E-state index contributed by atoms with van der Waals surface area (Å²) in [7, 11) is 0. The summed E-state index contributed by atoms with van der Waals surface area (Å²) in [6.07, 6.45) is -4.38. The number of benzene rings is 2. The van der Waals surface area contributed by atoms with Crippen molar-refractivity contribution in [1.82, 2.24) is 5.16 Å². The minimum Gasteiger partial charge on any atom is -0.482 e. The maximum atomic E-state index is 12.6. The number of nitrogens with zero attached hydrogens (tertiary/aromatic N) is 1. The molecule has 5 nitrogen and oxygen atoms in total. The number of ether oxygens (including phenoxy) is 1. The normalized spacial score (nSPS) is 11.4. The van der Waals surface area contributed by atoms with Crippen molar-refractivity contribution in [2.45, 2.75) is 23.7 Å². The molecule has 1 N–H and O–H groups in total. The van der Waals surface area contributed by atoms with E-state index >= 15 is 0 Å². The van der Waals surface area contributed by atoms with Crippen LogP contribution in [-0.4, -0.2) is 22.8 Å². The summed E-state index contributed by atoms with van der Waals surface area (Å²) in [5.74, 6) is 0.349. The molecular weight excluding hydrogens is 407 g/mol. The smallest absolute Gasteiger partial charge is 0.416 e. The number of aryl methyl sites for hydroxylation is 1. The molecule has 1 aromatic heterocycles. The lowest BCUT2D eigenvalue weighted by Gasteiger charge is -2.08. The third-order valence-corrected chi connectivity index (χ3v) is 4.97. The van der Waals surface area contributed by atoms with Gasteiger partial charge in [0.05, 0.1) is 11.3 Å². The molecule has 0 radical (unpaired) electrons. The zero-order valence-corrected chi connectivity index (χ0v) is 16.0. The third-order valence-electron chi connectivity index (χ3n) is 3.94. The number of thioether (sulfide) groups is 1. The second kappa shape index (κ2) is 8.60. The summed E-state index contributed by atoms with van der Waals surface area (Å²) in [4.78, 5) is 11.5. The number of alkyl halides is 3. The quantitative estimate of drug-likeness (QED) is 0.511.